The van der Waals surface area contributed by atoms with Crippen LogP contribution in [0.3, 0.4) is 0 Å². The summed E-state index contributed by atoms with van der Waals surface area (Å²) in [5, 5.41) is 14.3. The Balaban J connectivity index is 1.31. The standard InChI is InChI=1S/C43H42N4/c1-28-22-23-36(29(2)47(28)3)33-24-34(40-27-32-18-10-11-19-37(32)38-20-12-13-21-39(38)40)26-35(25-33)43-45-41(30-14-6-4-7-15-30)44-42(46-43)31-16-8-5-9-17-31/h4-9,11-17,19-27,29,41-46H,10,18H2,1-3H3. The van der Waals surface area contributed by atoms with Gasteiger partial charge in [0.25, 0.3) is 0 Å². The van der Waals surface area contributed by atoms with Crippen molar-refractivity contribution in [3.63, 3.8) is 0 Å². The topological polar surface area (TPSA) is 39.3 Å². The molecule has 0 amide bonds. The van der Waals surface area contributed by atoms with Gasteiger partial charge < -0.3 is 4.90 Å². The van der Waals surface area contributed by atoms with E-state index in [0.717, 1.165) is 12.8 Å². The van der Waals surface area contributed by atoms with Crippen LogP contribution in [0.4, 0.5) is 0 Å². The Hall–Kier alpha value is -4.74. The molecule has 3 atom stereocenters. The van der Waals surface area contributed by atoms with E-state index in [9.17, 15) is 0 Å². The van der Waals surface area contributed by atoms with E-state index in [2.05, 4.69) is 175 Å². The first kappa shape index (κ1) is 29.6. The molecule has 2 aliphatic heterocycles. The minimum Gasteiger partial charge on any atom is -0.371 e. The maximum absolute atomic E-state index is 3.94. The molecule has 1 aliphatic carbocycles. The first-order valence-electron chi connectivity index (χ1n) is 16.9. The number of hydrogen-bond donors (Lipinski definition) is 3. The first-order chi connectivity index (χ1) is 23.0. The number of nitrogens with one attached hydrogen (secondary N) is 3. The van der Waals surface area contributed by atoms with Crippen molar-refractivity contribution in [2.45, 2.75) is 51.2 Å². The average Bonchev–Trinajstić information content (AvgIpc) is 3.14. The molecule has 4 nitrogen and oxygen atoms in total. The van der Waals surface area contributed by atoms with Gasteiger partial charge >= 0.3 is 0 Å². The third-order valence-electron chi connectivity index (χ3n) is 10.3. The zero-order chi connectivity index (χ0) is 31.9. The molecule has 0 saturated carbocycles. The highest BCUT2D eigenvalue weighted by Gasteiger charge is 2.31. The van der Waals surface area contributed by atoms with E-state index in [4.69, 9.17) is 0 Å². The van der Waals surface area contributed by atoms with Crippen LogP contribution in [0.1, 0.15) is 72.1 Å². The highest BCUT2D eigenvalue weighted by molar-refractivity contribution is 6.03. The number of benzene rings is 5. The molecule has 1 saturated heterocycles. The lowest BCUT2D eigenvalue weighted by Crippen LogP contribution is -2.54. The second kappa shape index (κ2) is 12.5. The van der Waals surface area contributed by atoms with Gasteiger partial charge in [0.05, 0.1) is 24.5 Å². The molecule has 47 heavy (non-hydrogen) atoms. The summed E-state index contributed by atoms with van der Waals surface area (Å²) in [6, 6.07) is 40.3. The maximum Gasteiger partial charge on any atom is 0.0864 e. The highest BCUT2D eigenvalue weighted by Crippen LogP contribution is 2.40. The predicted molar refractivity (Wildman–Crippen MR) is 196 cm³/mol. The van der Waals surface area contributed by atoms with Crippen molar-refractivity contribution in [2.75, 3.05) is 7.05 Å². The zero-order valence-corrected chi connectivity index (χ0v) is 27.4. The van der Waals surface area contributed by atoms with E-state index in [1.165, 1.54) is 66.6 Å². The van der Waals surface area contributed by atoms with Gasteiger partial charge in [-0.2, -0.15) is 0 Å². The SMILES string of the molecule is CC1=CC=C(c2cc(-c3cc4c(c5ccccc35)C=CCC4)cc(C3NC(c4ccccc4)NC(c4ccccc4)N3)c2)C(C)N1C. The van der Waals surface area contributed by atoms with Gasteiger partial charge in [0, 0.05) is 12.7 Å². The summed E-state index contributed by atoms with van der Waals surface area (Å²) in [6.45, 7) is 4.50. The number of fused-ring (bicyclic) bond motifs is 3. The smallest absolute Gasteiger partial charge is 0.0864 e. The number of allylic oxidation sites excluding steroid dienone is 4. The summed E-state index contributed by atoms with van der Waals surface area (Å²) in [7, 11) is 2.20. The van der Waals surface area contributed by atoms with Gasteiger partial charge in [0.15, 0.2) is 0 Å². The molecule has 4 heteroatoms. The molecule has 1 fully saturated rings. The van der Waals surface area contributed by atoms with Crippen molar-refractivity contribution in [1.29, 1.82) is 0 Å². The van der Waals surface area contributed by atoms with Gasteiger partial charge in [0.2, 0.25) is 0 Å². The Morgan fingerprint density at radius 3 is 1.91 bits per heavy atom. The van der Waals surface area contributed by atoms with Crippen LogP contribution < -0.4 is 16.0 Å². The lowest BCUT2D eigenvalue weighted by atomic mass is 9.85. The molecular weight excluding hydrogens is 573 g/mol. The summed E-state index contributed by atoms with van der Waals surface area (Å²) in [6.07, 6.45) is 11.2. The van der Waals surface area contributed by atoms with Crippen LogP contribution in [0.25, 0.3) is 33.5 Å². The average molecular weight is 615 g/mol. The van der Waals surface area contributed by atoms with E-state index < -0.39 is 0 Å². The van der Waals surface area contributed by atoms with Crippen LogP contribution >= 0.6 is 0 Å². The Morgan fingerprint density at radius 1 is 0.638 bits per heavy atom. The van der Waals surface area contributed by atoms with Crippen molar-refractivity contribution in [2.24, 2.45) is 0 Å². The Labute approximate surface area is 278 Å². The summed E-state index contributed by atoms with van der Waals surface area (Å²) in [5.74, 6) is 0. The van der Waals surface area contributed by atoms with Crippen molar-refractivity contribution >= 4 is 22.4 Å². The minimum absolute atomic E-state index is 0.0272. The summed E-state index contributed by atoms with van der Waals surface area (Å²) < 4.78 is 0. The minimum atomic E-state index is -0.0910. The fraction of sp³-hybridized carbons (Fsp3) is 0.209. The molecule has 0 radical (unpaired) electrons. The second-order valence-corrected chi connectivity index (χ2v) is 13.2. The molecule has 5 aromatic carbocycles. The molecule has 234 valence electrons. The van der Waals surface area contributed by atoms with E-state index in [1.807, 2.05) is 0 Å². The fourth-order valence-electron chi connectivity index (χ4n) is 7.51. The third kappa shape index (κ3) is 5.63. The summed E-state index contributed by atoms with van der Waals surface area (Å²) >= 11 is 0. The fourth-order valence-corrected chi connectivity index (χ4v) is 7.51. The van der Waals surface area contributed by atoms with Crippen molar-refractivity contribution < 1.29 is 0 Å². The van der Waals surface area contributed by atoms with Crippen molar-refractivity contribution in [3.8, 4) is 11.1 Å². The van der Waals surface area contributed by atoms with E-state index >= 15 is 0 Å². The predicted octanol–water partition coefficient (Wildman–Crippen LogP) is 9.27. The molecule has 3 N–H and O–H groups in total. The van der Waals surface area contributed by atoms with Crippen LogP contribution in [0, 0.1) is 0 Å². The molecular formula is C43H42N4. The van der Waals surface area contributed by atoms with Gasteiger partial charge in [-0.1, -0.05) is 103 Å². The van der Waals surface area contributed by atoms with Crippen LogP contribution in [0.15, 0.2) is 133 Å². The number of likely N-dealkylation sites (N-methyl/N-ethyl adjacent to an activating group) is 1. The van der Waals surface area contributed by atoms with E-state index in [-0.39, 0.29) is 24.5 Å². The summed E-state index contributed by atoms with van der Waals surface area (Å²) in [5.41, 5.74) is 12.9. The number of aryl methyl sites for hydroxylation is 1. The van der Waals surface area contributed by atoms with E-state index in [1.54, 1.807) is 0 Å². The third-order valence-corrected chi connectivity index (χ3v) is 10.3. The number of hydrogen-bond acceptors (Lipinski definition) is 4. The van der Waals surface area contributed by atoms with Gasteiger partial charge in [-0.25, -0.2) is 0 Å². The number of nitrogens with zero attached hydrogens (tertiary/aromatic N) is 1. The lowest BCUT2D eigenvalue weighted by Gasteiger charge is -2.40. The van der Waals surface area contributed by atoms with Crippen LogP contribution in [-0.2, 0) is 6.42 Å². The lowest BCUT2D eigenvalue weighted by molar-refractivity contribution is 0.203. The van der Waals surface area contributed by atoms with Crippen molar-refractivity contribution in [3.05, 3.63) is 167 Å². The molecule has 0 bridgehead atoms. The molecule has 2 heterocycles. The Kier molecular flexibility index (Phi) is 7.86. The Bertz CT molecular complexity index is 1980. The zero-order valence-electron chi connectivity index (χ0n) is 27.4. The van der Waals surface area contributed by atoms with Gasteiger partial charge in [-0.15, -0.1) is 0 Å². The maximum atomic E-state index is 3.94. The molecule has 0 spiro atoms. The number of rotatable bonds is 5. The van der Waals surface area contributed by atoms with Crippen molar-refractivity contribution in [1.82, 2.24) is 20.9 Å². The summed E-state index contributed by atoms with van der Waals surface area (Å²) in [4.78, 5) is 2.38. The van der Waals surface area contributed by atoms with Gasteiger partial charge in [-0.3, -0.25) is 16.0 Å². The molecule has 5 aromatic rings. The quantitative estimate of drug-likeness (QED) is 0.185. The molecule has 8 rings (SSSR count). The monoisotopic (exact) mass is 614 g/mol. The van der Waals surface area contributed by atoms with Crippen LogP contribution in [0.2, 0.25) is 0 Å². The molecule has 3 unspecified atom stereocenters. The highest BCUT2D eigenvalue weighted by atomic mass is 15.4. The molecule has 3 aliphatic rings. The first-order valence-corrected chi connectivity index (χ1v) is 16.9. The van der Waals surface area contributed by atoms with Crippen LogP contribution in [-0.4, -0.2) is 18.0 Å². The van der Waals surface area contributed by atoms with Gasteiger partial charge in [-0.05, 0) is 118 Å². The Morgan fingerprint density at radius 2 is 1.23 bits per heavy atom. The largest absolute Gasteiger partial charge is 0.371 e. The van der Waals surface area contributed by atoms with E-state index in [0.29, 0.717) is 0 Å². The normalized spacial score (nSPS) is 22.5. The van der Waals surface area contributed by atoms with Crippen LogP contribution in [0.5, 0.6) is 0 Å². The van der Waals surface area contributed by atoms with Gasteiger partial charge in [0.1, 0.15) is 0 Å². The molecule has 0 aromatic heterocycles. The second-order valence-electron chi connectivity index (χ2n) is 13.2.